The summed E-state index contributed by atoms with van der Waals surface area (Å²) in [6.45, 7) is 2.94. The largest absolute Gasteiger partial charge is 0.394 e. The van der Waals surface area contributed by atoms with Gasteiger partial charge in [0, 0.05) is 22.6 Å². The Balaban J connectivity index is 2.44. The maximum Gasteiger partial charge on any atom is 0.330 e. The van der Waals surface area contributed by atoms with Gasteiger partial charge in [0.05, 0.1) is 18.8 Å². The first-order valence-electron chi connectivity index (χ1n) is 6.12. The monoisotopic (exact) mass is 281 g/mol. The molecule has 0 saturated carbocycles. The van der Waals surface area contributed by atoms with Gasteiger partial charge in [-0.25, -0.2) is 4.79 Å². The summed E-state index contributed by atoms with van der Waals surface area (Å²) in [5.41, 5.74) is 8.38. The lowest BCUT2D eigenvalue weighted by Gasteiger charge is -2.18. The van der Waals surface area contributed by atoms with E-state index in [0.29, 0.717) is 11.3 Å². The Bertz CT molecular complexity index is 672. The van der Waals surface area contributed by atoms with E-state index in [-0.39, 0.29) is 13.0 Å². The normalized spacial score (nSPS) is 25.4. The Morgan fingerprint density at radius 2 is 2.25 bits per heavy atom. The van der Waals surface area contributed by atoms with Crippen molar-refractivity contribution in [3.8, 4) is 0 Å². The van der Waals surface area contributed by atoms with Crippen LogP contribution in [0, 0.1) is 13.8 Å². The minimum absolute atomic E-state index is 0.265. The third kappa shape index (κ3) is 2.34. The van der Waals surface area contributed by atoms with Crippen molar-refractivity contribution in [2.45, 2.75) is 38.6 Å². The zero-order valence-corrected chi connectivity index (χ0v) is 11.1. The first-order valence-corrected chi connectivity index (χ1v) is 6.12. The van der Waals surface area contributed by atoms with Gasteiger partial charge >= 0.3 is 5.69 Å². The van der Waals surface area contributed by atoms with Crippen molar-refractivity contribution in [3.63, 3.8) is 0 Å². The Morgan fingerprint density at radius 1 is 1.55 bits per heavy atom. The van der Waals surface area contributed by atoms with Crippen LogP contribution in [0.2, 0.25) is 0 Å². The molecular weight excluding hydrogens is 266 g/mol. The number of hydrogen-bond donors (Lipinski definition) is 2. The van der Waals surface area contributed by atoms with Crippen LogP contribution in [0.15, 0.2) is 14.7 Å². The molecule has 0 radical (unpaired) electrons. The number of ether oxygens (including phenoxy) is 1. The van der Waals surface area contributed by atoms with Gasteiger partial charge in [0.2, 0.25) is 0 Å². The lowest BCUT2D eigenvalue weighted by atomic mass is 10.1. The number of aliphatic hydroxyl groups is 1. The van der Waals surface area contributed by atoms with Crippen molar-refractivity contribution in [2.24, 2.45) is 5.11 Å². The minimum atomic E-state index is -0.675. The van der Waals surface area contributed by atoms with Gasteiger partial charge in [-0.3, -0.25) is 14.3 Å². The molecule has 9 heteroatoms. The van der Waals surface area contributed by atoms with Gasteiger partial charge in [0.1, 0.15) is 6.23 Å². The minimum Gasteiger partial charge on any atom is -0.394 e. The van der Waals surface area contributed by atoms with Crippen LogP contribution in [-0.2, 0) is 4.74 Å². The van der Waals surface area contributed by atoms with Crippen molar-refractivity contribution in [1.29, 1.82) is 0 Å². The number of aromatic amines is 1. The fourth-order valence-corrected chi connectivity index (χ4v) is 2.32. The van der Waals surface area contributed by atoms with Gasteiger partial charge in [-0.05, 0) is 19.4 Å². The molecule has 1 aromatic rings. The van der Waals surface area contributed by atoms with Crippen LogP contribution >= 0.6 is 0 Å². The molecule has 0 aromatic carbocycles. The maximum absolute atomic E-state index is 11.9. The summed E-state index contributed by atoms with van der Waals surface area (Å²) in [5, 5.41) is 12.8. The molecule has 0 spiro atoms. The highest BCUT2D eigenvalue weighted by molar-refractivity contribution is 5.14. The molecule has 20 heavy (non-hydrogen) atoms. The van der Waals surface area contributed by atoms with E-state index < -0.39 is 29.6 Å². The zero-order chi connectivity index (χ0) is 14.9. The van der Waals surface area contributed by atoms with Crippen LogP contribution in [0.25, 0.3) is 10.4 Å². The molecule has 2 heterocycles. The molecule has 3 atom stereocenters. The molecule has 1 aromatic heterocycles. The van der Waals surface area contributed by atoms with E-state index >= 15 is 0 Å². The third-order valence-corrected chi connectivity index (χ3v) is 3.56. The van der Waals surface area contributed by atoms with E-state index in [9.17, 15) is 14.7 Å². The average molecular weight is 281 g/mol. The number of hydrogen-bond acceptors (Lipinski definition) is 5. The van der Waals surface area contributed by atoms with Crippen molar-refractivity contribution in [1.82, 2.24) is 9.55 Å². The van der Waals surface area contributed by atoms with E-state index in [0.717, 1.165) is 0 Å². The Kier molecular flexibility index (Phi) is 3.93. The summed E-state index contributed by atoms with van der Waals surface area (Å²) in [4.78, 5) is 28.3. The SMILES string of the molecule is Cc1c(C)n([C@H]2C[C@H](N=[N+]=[N-])[C@@H](CO)O2)c(=O)[nH]c1=O. The molecule has 2 N–H and O–H groups in total. The first-order chi connectivity index (χ1) is 9.49. The highest BCUT2D eigenvalue weighted by Crippen LogP contribution is 2.30. The number of aromatic nitrogens is 2. The molecule has 0 amide bonds. The number of rotatable bonds is 3. The molecule has 1 saturated heterocycles. The summed E-state index contributed by atoms with van der Waals surface area (Å²) in [6.07, 6.45) is -1.07. The van der Waals surface area contributed by atoms with E-state index in [1.54, 1.807) is 13.8 Å². The van der Waals surface area contributed by atoms with Crippen molar-refractivity contribution in [3.05, 3.63) is 42.5 Å². The van der Waals surface area contributed by atoms with Crippen molar-refractivity contribution < 1.29 is 9.84 Å². The molecule has 2 rings (SSSR count). The van der Waals surface area contributed by atoms with Crippen LogP contribution in [0.4, 0.5) is 0 Å². The highest BCUT2D eigenvalue weighted by Gasteiger charge is 2.36. The summed E-state index contributed by atoms with van der Waals surface area (Å²) in [6, 6.07) is -0.548. The standard InChI is InChI=1S/C11H15N5O4/c1-5-6(2)16(11(19)13-10(5)18)9-3-7(14-15-12)8(4-17)20-9/h7-9,17H,3-4H2,1-2H3,(H,13,18,19)/t7-,8+,9+/m0/s1. The predicted octanol–water partition coefficient (Wildman–Crippen LogP) is 0.112. The molecule has 0 bridgehead atoms. The second-order valence-corrected chi connectivity index (χ2v) is 4.66. The Hall–Kier alpha value is -2.09. The van der Waals surface area contributed by atoms with Gasteiger partial charge in [0.25, 0.3) is 5.56 Å². The molecule has 9 nitrogen and oxygen atoms in total. The number of nitrogens with zero attached hydrogens (tertiary/aromatic N) is 4. The average Bonchev–Trinajstić information content (AvgIpc) is 2.79. The summed E-state index contributed by atoms with van der Waals surface area (Å²) in [7, 11) is 0. The van der Waals surface area contributed by atoms with Gasteiger partial charge < -0.3 is 9.84 Å². The molecule has 0 unspecified atom stereocenters. The van der Waals surface area contributed by atoms with Gasteiger partial charge in [-0.2, -0.15) is 0 Å². The number of azide groups is 1. The van der Waals surface area contributed by atoms with E-state index in [2.05, 4.69) is 15.0 Å². The van der Waals surface area contributed by atoms with Crippen LogP contribution in [0.3, 0.4) is 0 Å². The van der Waals surface area contributed by atoms with E-state index in [1.165, 1.54) is 4.57 Å². The van der Waals surface area contributed by atoms with Crippen LogP contribution in [0.5, 0.6) is 0 Å². The summed E-state index contributed by atoms with van der Waals surface area (Å²) in [5.74, 6) is 0. The summed E-state index contributed by atoms with van der Waals surface area (Å²) >= 11 is 0. The molecular formula is C11H15N5O4. The quantitative estimate of drug-likeness (QED) is 0.462. The second-order valence-electron chi connectivity index (χ2n) is 4.66. The Morgan fingerprint density at radius 3 is 2.85 bits per heavy atom. The van der Waals surface area contributed by atoms with Gasteiger partial charge in [0.15, 0.2) is 0 Å². The highest BCUT2D eigenvalue weighted by atomic mass is 16.5. The van der Waals surface area contributed by atoms with Gasteiger partial charge in [-0.15, -0.1) is 0 Å². The Labute approximate surface area is 113 Å². The first kappa shape index (κ1) is 14.3. The molecule has 108 valence electrons. The summed E-state index contributed by atoms with van der Waals surface area (Å²) < 4.78 is 6.86. The molecule has 0 aliphatic carbocycles. The fourth-order valence-electron chi connectivity index (χ4n) is 2.32. The lowest BCUT2D eigenvalue weighted by Crippen LogP contribution is -2.36. The number of nitrogens with one attached hydrogen (secondary N) is 1. The third-order valence-electron chi connectivity index (χ3n) is 3.56. The fraction of sp³-hybridized carbons (Fsp3) is 0.636. The smallest absolute Gasteiger partial charge is 0.330 e. The van der Waals surface area contributed by atoms with Crippen molar-refractivity contribution >= 4 is 0 Å². The van der Waals surface area contributed by atoms with Crippen molar-refractivity contribution in [2.75, 3.05) is 6.61 Å². The second kappa shape index (κ2) is 5.49. The number of H-pyrrole nitrogens is 1. The van der Waals surface area contributed by atoms with Crippen LogP contribution in [0.1, 0.15) is 23.9 Å². The molecule has 1 fully saturated rings. The van der Waals surface area contributed by atoms with E-state index in [1.807, 2.05) is 0 Å². The lowest BCUT2D eigenvalue weighted by molar-refractivity contribution is -0.0280. The molecule has 1 aliphatic heterocycles. The molecule has 1 aliphatic rings. The van der Waals surface area contributed by atoms with Crippen LogP contribution in [-0.4, -0.2) is 33.4 Å². The predicted molar refractivity (Wildman–Crippen MR) is 69.3 cm³/mol. The topological polar surface area (TPSA) is 133 Å². The maximum atomic E-state index is 11.9. The zero-order valence-electron chi connectivity index (χ0n) is 11.1. The number of aliphatic hydroxyl groups excluding tert-OH is 1. The van der Waals surface area contributed by atoms with E-state index in [4.69, 9.17) is 10.3 Å². The van der Waals surface area contributed by atoms with Gasteiger partial charge in [-0.1, -0.05) is 5.11 Å². The van der Waals surface area contributed by atoms with Crippen LogP contribution < -0.4 is 11.2 Å².